The zero-order valence-corrected chi connectivity index (χ0v) is 12.4. The van der Waals surface area contributed by atoms with Crippen molar-refractivity contribution >= 4 is 15.7 Å². The van der Waals surface area contributed by atoms with E-state index in [2.05, 4.69) is 17.1 Å². The van der Waals surface area contributed by atoms with Gasteiger partial charge in [-0.3, -0.25) is 0 Å². The van der Waals surface area contributed by atoms with Gasteiger partial charge in [0.1, 0.15) is 4.90 Å². The maximum atomic E-state index is 12.4. The Morgan fingerprint density at radius 1 is 1.26 bits per heavy atom. The maximum absolute atomic E-state index is 12.4. The van der Waals surface area contributed by atoms with Crippen molar-refractivity contribution in [2.45, 2.75) is 17.9 Å². The smallest absolute Gasteiger partial charge is 0.244 e. The van der Waals surface area contributed by atoms with E-state index in [0.717, 1.165) is 25.3 Å². The van der Waals surface area contributed by atoms with E-state index in [1.165, 1.54) is 4.31 Å². The number of sulfonamides is 1. The lowest BCUT2D eigenvalue weighted by molar-refractivity contribution is 0.415. The van der Waals surface area contributed by atoms with Gasteiger partial charge in [-0.1, -0.05) is 12.1 Å². The van der Waals surface area contributed by atoms with Crippen LogP contribution in [0.1, 0.15) is 6.92 Å². The fraction of sp³-hybridized carbons (Fsp3) is 0.538. The van der Waals surface area contributed by atoms with E-state index in [1.54, 1.807) is 26.2 Å². The largest absolute Gasteiger partial charge is 0.365 e. The average molecular weight is 283 g/mol. The minimum Gasteiger partial charge on any atom is -0.365 e. The Balaban J connectivity index is 2.46. The van der Waals surface area contributed by atoms with E-state index >= 15 is 0 Å². The Bertz CT molecular complexity index is 539. The third kappa shape index (κ3) is 2.61. The average Bonchev–Trinajstić information content (AvgIpc) is 2.33. The highest BCUT2D eigenvalue weighted by atomic mass is 32.2. The number of nitrogens with one attached hydrogen (secondary N) is 1. The van der Waals surface area contributed by atoms with E-state index in [4.69, 9.17) is 0 Å². The molecule has 0 bridgehead atoms. The molecular formula is C13H21N3O2S. The third-order valence-corrected chi connectivity index (χ3v) is 5.34. The Morgan fingerprint density at radius 3 is 2.37 bits per heavy atom. The van der Waals surface area contributed by atoms with E-state index in [9.17, 15) is 8.42 Å². The minimum atomic E-state index is -3.41. The van der Waals surface area contributed by atoms with Crippen LogP contribution in [0.2, 0.25) is 0 Å². The van der Waals surface area contributed by atoms with Crippen molar-refractivity contribution in [1.29, 1.82) is 0 Å². The van der Waals surface area contributed by atoms with Crippen LogP contribution in [0, 0.1) is 0 Å². The normalized spacial score (nSPS) is 16.4. The van der Waals surface area contributed by atoms with Crippen LogP contribution in [0.4, 0.5) is 5.69 Å². The second-order valence-electron chi connectivity index (χ2n) is 4.85. The number of benzene rings is 1. The van der Waals surface area contributed by atoms with Gasteiger partial charge in [-0.25, -0.2) is 12.7 Å². The molecule has 6 heteroatoms. The van der Waals surface area contributed by atoms with Crippen LogP contribution in [0.5, 0.6) is 0 Å². The first-order valence-electron chi connectivity index (χ1n) is 6.47. The van der Waals surface area contributed by atoms with Gasteiger partial charge in [0.25, 0.3) is 0 Å². The molecule has 1 aliphatic heterocycles. The molecule has 0 aliphatic carbocycles. The molecule has 106 valence electrons. The van der Waals surface area contributed by atoms with Gasteiger partial charge in [-0.2, -0.15) is 0 Å². The SMILES string of the molecule is CCN(c1ccccc1S(=O)(=O)N(C)C)C1CNC1. The molecule has 2 rings (SSSR count). The molecule has 1 aliphatic rings. The van der Waals surface area contributed by atoms with Gasteiger partial charge in [0, 0.05) is 33.7 Å². The van der Waals surface area contributed by atoms with Crippen LogP contribution < -0.4 is 10.2 Å². The summed E-state index contributed by atoms with van der Waals surface area (Å²) >= 11 is 0. The number of para-hydroxylation sites is 1. The second-order valence-corrected chi connectivity index (χ2v) is 6.97. The molecule has 0 radical (unpaired) electrons. The topological polar surface area (TPSA) is 52.7 Å². The molecule has 0 amide bonds. The highest BCUT2D eigenvalue weighted by molar-refractivity contribution is 7.89. The summed E-state index contributed by atoms with van der Waals surface area (Å²) in [6.45, 7) is 4.66. The number of likely N-dealkylation sites (N-methyl/N-ethyl adjacent to an activating group) is 1. The summed E-state index contributed by atoms with van der Waals surface area (Å²) < 4.78 is 26.0. The van der Waals surface area contributed by atoms with E-state index in [1.807, 2.05) is 12.1 Å². The second kappa shape index (κ2) is 5.48. The summed E-state index contributed by atoms with van der Waals surface area (Å²) in [5.41, 5.74) is 0.796. The zero-order valence-electron chi connectivity index (χ0n) is 11.6. The van der Waals surface area contributed by atoms with Gasteiger partial charge >= 0.3 is 0 Å². The van der Waals surface area contributed by atoms with Gasteiger partial charge in [0.15, 0.2) is 0 Å². The first-order valence-corrected chi connectivity index (χ1v) is 7.91. The molecule has 19 heavy (non-hydrogen) atoms. The molecule has 0 unspecified atom stereocenters. The van der Waals surface area contributed by atoms with Crippen molar-refractivity contribution in [3.05, 3.63) is 24.3 Å². The predicted octanol–water partition coefficient (Wildman–Crippen LogP) is 0.735. The van der Waals surface area contributed by atoms with Crippen LogP contribution in [0.3, 0.4) is 0 Å². The van der Waals surface area contributed by atoms with Gasteiger partial charge in [0.05, 0.1) is 11.7 Å². The number of hydrogen-bond donors (Lipinski definition) is 1. The third-order valence-electron chi connectivity index (χ3n) is 3.47. The predicted molar refractivity (Wildman–Crippen MR) is 77.0 cm³/mol. The van der Waals surface area contributed by atoms with Crippen LogP contribution in [-0.4, -0.2) is 52.5 Å². The van der Waals surface area contributed by atoms with Crippen molar-refractivity contribution in [2.75, 3.05) is 38.6 Å². The fourth-order valence-electron chi connectivity index (χ4n) is 2.23. The van der Waals surface area contributed by atoms with Crippen molar-refractivity contribution in [1.82, 2.24) is 9.62 Å². The molecule has 1 fully saturated rings. The lowest BCUT2D eigenvalue weighted by atomic mass is 10.1. The summed E-state index contributed by atoms with van der Waals surface area (Å²) in [7, 11) is -0.283. The van der Waals surface area contributed by atoms with Gasteiger partial charge in [-0.15, -0.1) is 0 Å². The quantitative estimate of drug-likeness (QED) is 0.866. The van der Waals surface area contributed by atoms with E-state index < -0.39 is 10.0 Å². The Kier molecular flexibility index (Phi) is 4.13. The Hall–Kier alpha value is -1.11. The van der Waals surface area contributed by atoms with Crippen molar-refractivity contribution < 1.29 is 8.42 Å². The molecule has 0 saturated carbocycles. The molecule has 0 aromatic heterocycles. The van der Waals surface area contributed by atoms with Crippen molar-refractivity contribution in [3.8, 4) is 0 Å². The number of hydrogen-bond acceptors (Lipinski definition) is 4. The fourth-order valence-corrected chi connectivity index (χ4v) is 3.32. The lowest BCUT2D eigenvalue weighted by Crippen LogP contribution is -2.57. The first kappa shape index (κ1) is 14.3. The number of rotatable bonds is 5. The molecule has 0 atom stereocenters. The molecule has 0 spiro atoms. The summed E-state index contributed by atoms with van der Waals surface area (Å²) in [6, 6.07) is 7.60. The molecule has 5 nitrogen and oxygen atoms in total. The molecule has 1 heterocycles. The highest BCUT2D eigenvalue weighted by Crippen LogP contribution is 2.28. The highest BCUT2D eigenvalue weighted by Gasteiger charge is 2.29. The monoisotopic (exact) mass is 283 g/mol. The summed E-state index contributed by atoms with van der Waals surface area (Å²) in [5.74, 6) is 0. The molecule has 1 saturated heterocycles. The van der Waals surface area contributed by atoms with Crippen LogP contribution in [0.25, 0.3) is 0 Å². The number of anilines is 1. The number of nitrogens with zero attached hydrogens (tertiary/aromatic N) is 2. The van der Waals surface area contributed by atoms with Gasteiger partial charge in [0.2, 0.25) is 10.0 Å². The van der Waals surface area contributed by atoms with Gasteiger partial charge in [-0.05, 0) is 19.1 Å². The Labute approximate surface area is 115 Å². The Morgan fingerprint density at radius 2 is 1.89 bits per heavy atom. The molecule has 1 aromatic rings. The first-order chi connectivity index (χ1) is 8.98. The summed E-state index contributed by atoms with van der Waals surface area (Å²) in [5, 5.41) is 3.23. The van der Waals surface area contributed by atoms with Crippen LogP contribution in [-0.2, 0) is 10.0 Å². The molecule has 1 aromatic carbocycles. The standard InChI is InChI=1S/C13H21N3O2S/c1-4-16(11-9-14-10-11)12-7-5-6-8-13(12)19(17,18)15(2)3/h5-8,11,14H,4,9-10H2,1-3H3. The van der Waals surface area contributed by atoms with E-state index in [-0.39, 0.29) is 0 Å². The van der Waals surface area contributed by atoms with Crippen LogP contribution >= 0.6 is 0 Å². The summed E-state index contributed by atoms with van der Waals surface area (Å²) in [6.07, 6.45) is 0. The van der Waals surface area contributed by atoms with Crippen LogP contribution in [0.15, 0.2) is 29.2 Å². The van der Waals surface area contributed by atoms with Crippen molar-refractivity contribution in [2.24, 2.45) is 0 Å². The van der Waals surface area contributed by atoms with E-state index in [0.29, 0.717) is 10.9 Å². The zero-order chi connectivity index (χ0) is 14.0. The minimum absolute atomic E-state index is 0.378. The summed E-state index contributed by atoms with van der Waals surface area (Å²) in [4.78, 5) is 2.54. The molecule has 1 N–H and O–H groups in total. The van der Waals surface area contributed by atoms with Crippen molar-refractivity contribution in [3.63, 3.8) is 0 Å². The molecular weight excluding hydrogens is 262 g/mol. The lowest BCUT2D eigenvalue weighted by Gasteiger charge is -2.40. The van der Waals surface area contributed by atoms with Gasteiger partial charge < -0.3 is 10.2 Å². The maximum Gasteiger partial charge on any atom is 0.244 e.